The fraction of sp³-hybridized carbons (Fsp3) is 0.192. The van der Waals surface area contributed by atoms with Gasteiger partial charge in [0.15, 0.2) is 0 Å². The molecule has 1 aromatic heterocycles. The maximum absolute atomic E-state index is 12.2. The van der Waals surface area contributed by atoms with Crippen LogP contribution < -0.4 is 15.1 Å². The second-order valence-electron chi connectivity index (χ2n) is 7.43. The minimum Gasteiger partial charge on any atom is -0.497 e. The molecular weight excluding hydrogens is 390 g/mol. The highest BCUT2D eigenvalue weighted by Gasteiger charge is 2.13. The summed E-state index contributed by atoms with van der Waals surface area (Å²) < 4.78 is 16.1. The van der Waals surface area contributed by atoms with E-state index >= 15 is 0 Å². The third-order valence-corrected chi connectivity index (χ3v) is 5.24. The lowest BCUT2D eigenvalue weighted by Crippen LogP contribution is -2.23. The van der Waals surface area contributed by atoms with Crippen LogP contribution in [0.3, 0.4) is 0 Å². The van der Waals surface area contributed by atoms with E-state index in [0.717, 1.165) is 35.5 Å². The van der Waals surface area contributed by atoms with Crippen molar-refractivity contribution < 1.29 is 13.9 Å². The second kappa shape index (κ2) is 9.49. The molecule has 0 bridgehead atoms. The van der Waals surface area contributed by atoms with Gasteiger partial charge in [0.05, 0.1) is 14.2 Å². The summed E-state index contributed by atoms with van der Waals surface area (Å²) in [5, 5.41) is 0.881. The zero-order valence-electron chi connectivity index (χ0n) is 17.7. The van der Waals surface area contributed by atoms with E-state index in [2.05, 4.69) is 29.2 Å². The first-order valence-corrected chi connectivity index (χ1v) is 10.1. The van der Waals surface area contributed by atoms with Crippen LogP contribution in [0, 0.1) is 0 Å². The van der Waals surface area contributed by atoms with E-state index < -0.39 is 0 Å². The molecule has 1 heterocycles. The number of benzene rings is 3. The molecule has 158 valence electrons. The predicted octanol–water partition coefficient (Wildman–Crippen LogP) is 5.01. The Hall–Kier alpha value is -3.57. The molecule has 0 amide bonds. The summed E-state index contributed by atoms with van der Waals surface area (Å²) >= 11 is 0. The van der Waals surface area contributed by atoms with Gasteiger partial charge in [-0.1, -0.05) is 42.5 Å². The van der Waals surface area contributed by atoms with Gasteiger partial charge in [0.25, 0.3) is 0 Å². The molecule has 0 spiro atoms. The van der Waals surface area contributed by atoms with Crippen LogP contribution in [0.5, 0.6) is 11.5 Å². The van der Waals surface area contributed by atoms with E-state index in [1.54, 1.807) is 32.4 Å². The minimum atomic E-state index is -0.350. The van der Waals surface area contributed by atoms with Gasteiger partial charge in [-0.25, -0.2) is 4.79 Å². The molecule has 0 N–H and O–H groups in total. The van der Waals surface area contributed by atoms with E-state index in [4.69, 9.17) is 13.9 Å². The first-order valence-electron chi connectivity index (χ1n) is 10.1. The van der Waals surface area contributed by atoms with E-state index in [0.29, 0.717) is 12.1 Å². The Bertz CT molecular complexity index is 1200. The SMILES string of the molecule is COc1ccc(CN(Cc2ccccc2)Cc2cc(=O)oc3ccc(OC)cc23)cc1. The summed E-state index contributed by atoms with van der Waals surface area (Å²) in [5.41, 5.74) is 3.50. The molecule has 0 radical (unpaired) electrons. The van der Waals surface area contributed by atoms with E-state index in [1.165, 1.54) is 11.1 Å². The lowest BCUT2D eigenvalue weighted by molar-refractivity contribution is 0.248. The van der Waals surface area contributed by atoms with Crippen LogP contribution in [0.1, 0.15) is 16.7 Å². The Balaban J connectivity index is 1.68. The van der Waals surface area contributed by atoms with Crippen molar-refractivity contribution in [1.82, 2.24) is 4.90 Å². The standard InChI is InChI=1S/C26H25NO4/c1-29-22-10-8-20(9-11-22)17-27(16-19-6-4-3-5-7-19)18-21-14-26(28)31-25-13-12-23(30-2)15-24(21)25/h3-15H,16-18H2,1-2H3. The van der Waals surface area contributed by atoms with Gasteiger partial charge in [0, 0.05) is 31.1 Å². The van der Waals surface area contributed by atoms with Crippen LogP contribution in [0.2, 0.25) is 0 Å². The van der Waals surface area contributed by atoms with Gasteiger partial charge >= 0.3 is 5.63 Å². The van der Waals surface area contributed by atoms with Gasteiger partial charge in [-0.2, -0.15) is 0 Å². The average molecular weight is 415 g/mol. The van der Waals surface area contributed by atoms with Crippen molar-refractivity contribution in [1.29, 1.82) is 0 Å². The molecule has 31 heavy (non-hydrogen) atoms. The van der Waals surface area contributed by atoms with Crippen LogP contribution in [0.25, 0.3) is 11.0 Å². The molecule has 5 nitrogen and oxygen atoms in total. The molecule has 0 aliphatic carbocycles. The van der Waals surface area contributed by atoms with Crippen molar-refractivity contribution >= 4 is 11.0 Å². The monoisotopic (exact) mass is 415 g/mol. The molecule has 3 aromatic carbocycles. The minimum absolute atomic E-state index is 0.350. The van der Waals surface area contributed by atoms with Crippen molar-refractivity contribution in [2.75, 3.05) is 14.2 Å². The van der Waals surface area contributed by atoms with Crippen molar-refractivity contribution in [2.45, 2.75) is 19.6 Å². The lowest BCUT2D eigenvalue weighted by Gasteiger charge is -2.23. The number of fused-ring (bicyclic) bond motifs is 1. The van der Waals surface area contributed by atoms with E-state index in [-0.39, 0.29) is 5.63 Å². The summed E-state index contributed by atoms with van der Waals surface area (Å²) in [6, 6.07) is 25.5. The number of nitrogens with zero attached hydrogens (tertiary/aromatic N) is 1. The Labute approximate surface area is 181 Å². The lowest BCUT2D eigenvalue weighted by atomic mass is 10.1. The van der Waals surface area contributed by atoms with E-state index in [1.807, 2.05) is 36.4 Å². The number of methoxy groups -OCH3 is 2. The van der Waals surface area contributed by atoms with E-state index in [9.17, 15) is 4.79 Å². The first kappa shape index (κ1) is 20.7. The van der Waals surface area contributed by atoms with Crippen molar-refractivity contribution in [3.8, 4) is 11.5 Å². The average Bonchev–Trinajstić information content (AvgIpc) is 2.80. The van der Waals surface area contributed by atoms with Crippen LogP contribution in [0.15, 0.2) is 88.1 Å². The summed E-state index contributed by atoms with van der Waals surface area (Å²) in [7, 11) is 3.29. The Morgan fingerprint density at radius 2 is 1.39 bits per heavy atom. The van der Waals surface area contributed by atoms with Crippen LogP contribution in [-0.2, 0) is 19.6 Å². The third-order valence-electron chi connectivity index (χ3n) is 5.24. The van der Waals surface area contributed by atoms with Gasteiger partial charge < -0.3 is 13.9 Å². The maximum atomic E-state index is 12.2. The summed E-state index contributed by atoms with van der Waals surface area (Å²) in [6.45, 7) is 2.07. The number of ether oxygens (including phenoxy) is 2. The zero-order valence-corrected chi connectivity index (χ0v) is 17.7. The number of hydrogen-bond acceptors (Lipinski definition) is 5. The smallest absolute Gasteiger partial charge is 0.336 e. The molecule has 4 aromatic rings. The molecule has 0 saturated carbocycles. The highest BCUT2D eigenvalue weighted by Crippen LogP contribution is 2.25. The fourth-order valence-electron chi connectivity index (χ4n) is 3.70. The molecular formula is C26H25NO4. The number of hydrogen-bond donors (Lipinski definition) is 0. The Morgan fingerprint density at radius 1 is 0.742 bits per heavy atom. The summed E-state index contributed by atoms with van der Waals surface area (Å²) in [5.74, 6) is 1.56. The molecule has 0 aliphatic heterocycles. The molecule has 0 fully saturated rings. The van der Waals surface area contributed by atoms with Gasteiger partial charge in [-0.15, -0.1) is 0 Å². The van der Waals surface area contributed by atoms with Crippen molar-refractivity contribution in [3.05, 3.63) is 106 Å². The van der Waals surface area contributed by atoms with Crippen molar-refractivity contribution in [2.24, 2.45) is 0 Å². The summed E-state index contributed by atoms with van der Waals surface area (Å²) in [4.78, 5) is 14.5. The molecule has 5 heteroatoms. The third kappa shape index (κ3) is 5.13. The molecule has 4 rings (SSSR count). The van der Waals surface area contributed by atoms with Gasteiger partial charge in [-0.05, 0) is 47.0 Å². The Kier molecular flexibility index (Phi) is 6.34. The normalized spacial score (nSPS) is 11.1. The molecule has 0 saturated heterocycles. The van der Waals surface area contributed by atoms with Crippen LogP contribution in [-0.4, -0.2) is 19.1 Å². The topological polar surface area (TPSA) is 51.9 Å². The van der Waals surface area contributed by atoms with Crippen molar-refractivity contribution in [3.63, 3.8) is 0 Å². The van der Waals surface area contributed by atoms with Gasteiger partial charge in [0.2, 0.25) is 0 Å². The first-order chi connectivity index (χ1) is 15.1. The number of rotatable bonds is 8. The van der Waals surface area contributed by atoms with Crippen LogP contribution >= 0.6 is 0 Å². The molecule has 0 atom stereocenters. The quantitative estimate of drug-likeness (QED) is 0.379. The van der Waals surface area contributed by atoms with Gasteiger partial charge in [0.1, 0.15) is 17.1 Å². The van der Waals surface area contributed by atoms with Gasteiger partial charge in [-0.3, -0.25) is 4.90 Å². The predicted molar refractivity (Wildman–Crippen MR) is 121 cm³/mol. The largest absolute Gasteiger partial charge is 0.497 e. The highest BCUT2D eigenvalue weighted by atomic mass is 16.5. The molecule has 0 unspecified atom stereocenters. The molecule has 0 aliphatic rings. The maximum Gasteiger partial charge on any atom is 0.336 e. The summed E-state index contributed by atoms with van der Waals surface area (Å²) in [6.07, 6.45) is 0. The second-order valence-corrected chi connectivity index (χ2v) is 7.43. The fourth-order valence-corrected chi connectivity index (χ4v) is 3.70. The van der Waals surface area contributed by atoms with Crippen LogP contribution in [0.4, 0.5) is 0 Å². The zero-order chi connectivity index (χ0) is 21.6. The highest BCUT2D eigenvalue weighted by molar-refractivity contribution is 5.81. The Morgan fingerprint density at radius 3 is 2.06 bits per heavy atom.